The zero-order chi connectivity index (χ0) is 16.5. The number of carbonyl (C=O) groups is 2. The van der Waals surface area contributed by atoms with Crippen molar-refractivity contribution < 1.29 is 14.3 Å². The van der Waals surface area contributed by atoms with E-state index in [2.05, 4.69) is 5.32 Å². The Morgan fingerprint density at radius 3 is 2.43 bits per heavy atom. The minimum absolute atomic E-state index is 0.258. The van der Waals surface area contributed by atoms with Crippen molar-refractivity contribution in [3.63, 3.8) is 0 Å². The van der Waals surface area contributed by atoms with E-state index in [0.717, 1.165) is 24.0 Å². The second-order valence-electron chi connectivity index (χ2n) is 5.22. The van der Waals surface area contributed by atoms with Gasteiger partial charge in [0.1, 0.15) is 0 Å². The molecule has 1 N–H and O–H groups in total. The van der Waals surface area contributed by atoms with Gasteiger partial charge in [0.25, 0.3) is 5.91 Å². The molecule has 0 heterocycles. The van der Waals surface area contributed by atoms with E-state index in [-0.39, 0.29) is 18.5 Å². The summed E-state index contributed by atoms with van der Waals surface area (Å²) in [6.07, 6.45) is 2.05. The Bertz CT molecular complexity index is 653. The van der Waals surface area contributed by atoms with Crippen LogP contribution in [0.1, 0.15) is 26.2 Å². The predicted molar refractivity (Wildman–Crippen MR) is 91.0 cm³/mol. The van der Waals surface area contributed by atoms with E-state index in [9.17, 15) is 9.59 Å². The Morgan fingerprint density at radius 2 is 1.70 bits per heavy atom. The predicted octanol–water partition coefficient (Wildman–Crippen LogP) is 4.03. The van der Waals surface area contributed by atoms with Crippen LogP contribution in [0, 0.1) is 0 Å². The number of para-hydroxylation sites is 1. The van der Waals surface area contributed by atoms with E-state index in [1.165, 1.54) is 0 Å². The molecule has 2 rings (SSSR count). The summed E-state index contributed by atoms with van der Waals surface area (Å²) in [4.78, 5) is 23.4. The Hall–Kier alpha value is -2.62. The van der Waals surface area contributed by atoms with Gasteiger partial charge in [0.15, 0.2) is 6.61 Å². The molecule has 1 amide bonds. The van der Waals surface area contributed by atoms with Gasteiger partial charge in [0, 0.05) is 17.7 Å². The van der Waals surface area contributed by atoms with E-state index >= 15 is 0 Å². The number of ether oxygens (including phenoxy) is 1. The molecule has 120 valence electrons. The first-order valence-electron chi connectivity index (χ1n) is 7.80. The van der Waals surface area contributed by atoms with Crippen LogP contribution >= 0.6 is 0 Å². The molecule has 0 aliphatic heterocycles. The maximum atomic E-state index is 12.0. The molecule has 23 heavy (non-hydrogen) atoms. The van der Waals surface area contributed by atoms with Crippen molar-refractivity contribution in [1.82, 2.24) is 0 Å². The lowest BCUT2D eigenvalue weighted by atomic mass is 10.0. The highest BCUT2D eigenvalue weighted by Crippen LogP contribution is 2.27. The molecule has 0 bridgehead atoms. The molecule has 0 atom stereocenters. The van der Waals surface area contributed by atoms with Gasteiger partial charge < -0.3 is 10.1 Å². The number of hydrogen-bond donors (Lipinski definition) is 1. The van der Waals surface area contributed by atoms with Crippen molar-refractivity contribution in [2.75, 3.05) is 11.9 Å². The van der Waals surface area contributed by atoms with Gasteiger partial charge >= 0.3 is 5.97 Å². The van der Waals surface area contributed by atoms with Crippen LogP contribution in [0.4, 0.5) is 5.69 Å². The lowest BCUT2D eigenvalue weighted by molar-refractivity contribution is -0.147. The molecule has 0 spiro atoms. The van der Waals surface area contributed by atoms with Crippen molar-refractivity contribution in [2.45, 2.75) is 26.2 Å². The first-order chi connectivity index (χ1) is 11.2. The third kappa shape index (κ3) is 5.25. The van der Waals surface area contributed by atoms with Gasteiger partial charge in [0.2, 0.25) is 0 Å². The molecule has 0 fully saturated rings. The first kappa shape index (κ1) is 16.7. The zero-order valence-corrected chi connectivity index (χ0v) is 13.2. The van der Waals surface area contributed by atoms with Gasteiger partial charge in [-0.05, 0) is 18.1 Å². The molecule has 2 aromatic rings. The number of benzene rings is 2. The van der Waals surface area contributed by atoms with Crippen LogP contribution in [-0.4, -0.2) is 18.5 Å². The second-order valence-corrected chi connectivity index (χ2v) is 5.22. The highest BCUT2D eigenvalue weighted by atomic mass is 16.5. The largest absolute Gasteiger partial charge is 0.456 e. The van der Waals surface area contributed by atoms with Gasteiger partial charge in [-0.3, -0.25) is 9.59 Å². The Labute approximate surface area is 136 Å². The fraction of sp³-hybridized carbons (Fsp3) is 0.263. The maximum Gasteiger partial charge on any atom is 0.306 e. The van der Waals surface area contributed by atoms with Crippen molar-refractivity contribution in [1.29, 1.82) is 0 Å². The average Bonchev–Trinajstić information content (AvgIpc) is 2.59. The van der Waals surface area contributed by atoms with E-state index in [1.54, 1.807) is 0 Å². The lowest BCUT2D eigenvalue weighted by Crippen LogP contribution is -2.21. The lowest BCUT2D eigenvalue weighted by Gasteiger charge is -2.11. The van der Waals surface area contributed by atoms with Crippen LogP contribution in [0.3, 0.4) is 0 Å². The number of amides is 1. The summed E-state index contributed by atoms with van der Waals surface area (Å²) in [7, 11) is 0. The highest BCUT2D eigenvalue weighted by Gasteiger charge is 2.10. The second kappa shape index (κ2) is 8.73. The summed E-state index contributed by atoms with van der Waals surface area (Å²) in [6, 6.07) is 17.4. The number of unbranched alkanes of at least 4 members (excludes halogenated alkanes) is 1. The van der Waals surface area contributed by atoms with Crippen molar-refractivity contribution in [3.8, 4) is 11.1 Å². The summed E-state index contributed by atoms with van der Waals surface area (Å²) >= 11 is 0. The highest BCUT2D eigenvalue weighted by molar-refractivity contribution is 5.96. The molecule has 2 aromatic carbocycles. The molecule has 0 aliphatic rings. The van der Waals surface area contributed by atoms with Crippen molar-refractivity contribution in [2.24, 2.45) is 0 Å². The maximum absolute atomic E-state index is 12.0. The van der Waals surface area contributed by atoms with Crippen LogP contribution in [-0.2, 0) is 14.3 Å². The zero-order valence-electron chi connectivity index (χ0n) is 13.2. The van der Waals surface area contributed by atoms with Gasteiger partial charge in [-0.25, -0.2) is 0 Å². The Morgan fingerprint density at radius 1 is 1.00 bits per heavy atom. The quantitative estimate of drug-likeness (QED) is 0.786. The van der Waals surface area contributed by atoms with Crippen LogP contribution in [0.5, 0.6) is 0 Å². The molecule has 0 aliphatic carbocycles. The molecule has 0 saturated heterocycles. The number of carbonyl (C=O) groups excluding carboxylic acids is 2. The summed E-state index contributed by atoms with van der Waals surface area (Å²) in [5.74, 6) is -0.670. The Balaban J connectivity index is 1.98. The van der Waals surface area contributed by atoms with Crippen molar-refractivity contribution in [3.05, 3.63) is 54.6 Å². The summed E-state index contributed by atoms with van der Waals surface area (Å²) in [5.41, 5.74) is 2.65. The standard InChI is InChI=1S/C19H21NO3/c1-2-3-13-19(22)23-14-18(21)20-17-12-8-7-11-16(17)15-9-5-4-6-10-15/h4-12H,2-3,13-14H2,1H3,(H,20,21). The third-order valence-corrected chi connectivity index (χ3v) is 3.38. The SMILES string of the molecule is CCCCC(=O)OCC(=O)Nc1ccccc1-c1ccccc1. The van der Waals surface area contributed by atoms with Crippen molar-refractivity contribution >= 4 is 17.6 Å². The van der Waals surface area contributed by atoms with E-state index in [0.29, 0.717) is 12.1 Å². The van der Waals surface area contributed by atoms with Gasteiger partial charge in [-0.1, -0.05) is 61.9 Å². The molecular formula is C19H21NO3. The van der Waals surface area contributed by atoms with Gasteiger partial charge in [-0.15, -0.1) is 0 Å². The molecule has 0 saturated carbocycles. The van der Waals surface area contributed by atoms with E-state index in [4.69, 9.17) is 4.74 Å². The topological polar surface area (TPSA) is 55.4 Å². The molecule has 0 radical (unpaired) electrons. The summed E-state index contributed by atoms with van der Waals surface area (Å²) in [6.45, 7) is 1.74. The monoisotopic (exact) mass is 311 g/mol. The normalized spacial score (nSPS) is 10.1. The van der Waals surface area contributed by atoms with Crippen LogP contribution in [0.25, 0.3) is 11.1 Å². The third-order valence-electron chi connectivity index (χ3n) is 3.38. The summed E-state index contributed by atoms with van der Waals surface area (Å²) < 4.78 is 4.97. The Kier molecular flexibility index (Phi) is 6.36. The number of hydrogen-bond acceptors (Lipinski definition) is 3. The fourth-order valence-electron chi connectivity index (χ4n) is 2.19. The van der Waals surface area contributed by atoms with Crippen LogP contribution in [0.2, 0.25) is 0 Å². The van der Waals surface area contributed by atoms with Gasteiger partial charge in [-0.2, -0.15) is 0 Å². The average molecular weight is 311 g/mol. The van der Waals surface area contributed by atoms with Crippen LogP contribution in [0.15, 0.2) is 54.6 Å². The summed E-state index contributed by atoms with van der Waals surface area (Å²) in [5, 5.41) is 2.80. The van der Waals surface area contributed by atoms with Crippen LogP contribution < -0.4 is 5.32 Å². The van der Waals surface area contributed by atoms with E-state index in [1.807, 2.05) is 61.5 Å². The molecule has 4 nitrogen and oxygen atoms in total. The smallest absolute Gasteiger partial charge is 0.306 e. The van der Waals surface area contributed by atoms with E-state index < -0.39 is 0 Å². The first-order valence-corrected chi connectivity index (χ1v) is 7.80. The number of nitrogens with one attached hydrogen (secondary N) is 1. The molecule has 0 aromatic heterocycles. The number of rotatable bonds is 7. The van der Waals surface area contributed by atoms with Gasteiger partial charge in [0.05, 0.1) is 0 Å². The number of esters is 1. The molecular weight excluding hydrogens is 290 g/mol. The minimum atomic E-state index is -0.335. The molecule has 4 heteroatoms. The minimum Gasteiger partial charge on any atom is -0.456 e. The fourth-order valence-corrected chi connectivity index (χ4v) is 2.19. The number of anilines is 1. The molecule has 0 unspecified atom stereocenters.